The van der Waals surface area contributed by atoms with E-state index in [1.807, 2.05) is 36.4 Å². The summed E-state index contributed by atoms with van der Waals surface area (Å²) in [4.78, 5) is 10.8. The highest BCUT2D eigenvalue weighted by Crippen LogP contribution is 2.20. The number of hydrogen-bond donors (Lipinski definition) is 5. The van der Waals surface area contributed by atoms with E-state index in [4.69, 9.17) is 19.7 Å². The molecule has 1 aliphatic heterocycles. The average Bonchev–Trinajstić information content (AvgIpc) is 2.74. The van der Waals surface area contributed by atoms with Gasteiger partial charge in [-0.3, -0.25) is 0 Å². The molecule has 8 nitrogen and oxygen atoms in total. The average molecular weight is 406 g/mol. The molecule has 5 N–H and O–H groups in total. The maximum Gasteiger partial charge on any atom is 0.335 e. The Morgan fingerprint density at radius 2 is 1.69 bits per heavy atom. The van der Waals surface area contributed by atoms with Crippen LogP contribution in [0.15, 0.2) is 54.6 Å². The van der Waals surface area contributed by atoms with Crippen LogP contribution in [0.5, 0.6) is 5.75 Å². The fraction of sp³-hybridized carbons (Fsp3) is 0.381. The van der Waals surface area contributed by atoms with Crippen LogP contribution in [0.1, 0.15) is 22.8 Å². The topological polar surface area (TPSA) is 137 Å². The van der Waals surface area contributed by atoms with E-state index in [0.29, 0.717) is 6.61 Å². The third-order valence-corrected chi connectivity index (χ3v) is 4.45. The molecule has 0 aromatic heterocycles. The lowest BCUT2D eigenvalue weighted by atomic mass is 9.96. The molecule has 1 aliphatic rings. The molecule has 1 saturated heterocycles. The molecule has 2 aromatic carbocycles. The number of aliphatic hydroxyl groups excluding tert-OH is 4. The summed E-state index contributed by atoms with van der Waals surface area (Å²) in [5, 5.41) is 45.2. The zero-order valence-electron chi connectivity index (χ0n) is 16.0. The Kier molecular flexibility index (Phi) is 8.56. The van der Waals surface area contributed by atoms with Gasteiger partial charge in [0.25, 0.3) is 0 Å². The molecule has 0 bridgehead atoms. The maximum atomic E-state index is 10.8. The van der Waals surface area contributed by atoms with Crippen molar-refractivity contribution in [3.8, 4) is 5.75 Å². The molecular formula is C21H26O8. The molecule has 1 heterocycles. The van der Waals surface area contributed by atoms with E-state index in [-0.39, 0.29) is 12.2 Å². The fourth-order valence-electron chi connectivity index (χ4n) is 2.76. The minimum atomic E-state index is -1.24. The lowest BCUT2D eigenvalue weighted by molar-refractivity contribution is -0.224. The number of aromatic carboxylic acids is 1. The number of benzene rings is 2. The van der Waals surface area contributed by atoms with Gasteiger partial charge in [-0.25, -0.2) is 4.79 Å². The van der Waals surface area contributed by atoms with E-state index >= 15 is 0 Å². The summed E-state index contributed by atoms with van der Waals surface area (Å²) < 4.78 is 10.6. The van der Waals surface area contributed by atoms with Crippen LogP contribution in [-0.4, -0.2) is 68.6 Å². The fourth-order valence-corrected chi connectivity index (χ4v) is 2.76. The van der Waals surface area contributed by atoms with Crippen molar-refractivity contribution in [1.29, 1.82) is 0 Å². The molecule has 2 aromatic rings. The van der Waals surface area contributed by atoms with Crippen molar-refractivity contribution >= 4 is 5.97 Å². The van der Waals surface area contributed by atoms with Crippen LogP contribution in [0.3, 0.4) is 0 Å². The minimum Gasteiger partial charge on any atom is -0.489 e. The van der Waals surface area contributed by atoms with Crippen molar-refractivity contribution in [2.75, 3.05) is 6.61 Å². The number of carboxylic acid groups (broad SMARTS) is 1. The van der Waals surface area contributed by atoms with Crippen molar-refractivity contribution in [2.45, 2.75) is 44.1 Å². The largest absolute Gasteiger partial charge is 0.489 e. The molecule has 158 valence electrons. The van der Waals surface area contributed by atoms with Gasteiger partial charge >= 0.3 is 5.97 Å². The summed E-state index contributed by atoms with van der Waals surface area (Å²) >= 11 is 0. The number of hydrogen-bond acceptors (Lipinski definition) is 7. The van der Waals surface area contributed by atoms with E-state index in [2.05, 4.69) is 0 Å². The summed E-state index contributed by atoms with van der Waals surface area (Å²) in [5.74, 6) is -0.153. The molecular weight excluding hydrogens is 380 g/mol. The van der Waals surface area contributed by atoms with E-state index in [1.165, 1.54) is 0 Å². The molecule has 1 fully saturated rings. The highest BCUT2D eigenvalue weighted by atomic mass is 16.5. The Morgan fingerprint density at radius 3 is 2.31 bits per heavy atom. The first-order valence-electron chi connectivity index (χ1n) is 9.14. The Labute approximate surface area is 168 Å². The summed E-state index contributed by atoms with van der Waals surface area (Å²) in [5.41, 5.74) is 1.12. The highest BCUT2D eigenvalue weighted by Gasteiger charge is 2.41. The summed E-state index contributed by atoms with van der Waals surface area (Å²) in [6, 6.07) is 16.2. The molecule has 0 saturated carbocycles. The number of ether oxygens (including phenoxy) is 2. The Hall–Kier alpha value is -2.49. The Balaban J connectivity index is 0.000000221. The predicted molar refractivity (Wildman–Crippen MR) is 104 cm³/mol. The first-order valence-corrected chi connectivity index (χ1v) is 9.14. The quantitative estimate of drug-likeness (QED) is 0.492. The van der Waals surface area contributed by atoms with Gasteiger partial charge in [-0.1, -0.05) is 30.3 Å². The number of aliphatic hydroxyl groups is 4. The summed E-state index contributed by atoms with van der Waals surface area (Å²) in [6.45, 7) is 1.57. The standard InChI is InChI=1S/C14H12O3.C7H14O5/c15-14(16)12-6-4-5-11(9-12)10-17-13-7-2-1-3-8-13;1-3-5(9)7(11)6(10)4(2-8)12-3/h1-9H,10H2,(H,15,16);3-11H,2H2,1H3/t;3-,4?,5?,6-,7?/m.1/s1. The minimum absolute atomic E-state index is 0.277. The predicted octanol–water partition coefficient (Wildman–Crippen LogP) is 0.813. The molecule has 8 heteroatoms. The van der Waals surface area contributed by atoms with Gasteiger partial charge in [0.1, 0.15) is 36.8 Å². The van der Waals surface area contributed by atoms with Gasteiger partial charge in [0, 0.05) is 0 Å². The smallest absolute Gasteiger partial charge is 0.335 e. The van der Waals surface area contributed by atoms with Crippen LogP contribution in [0.25, 0.3) is 0 Å². The lowest BCUT2D eigenvalue weighted by Gasteiger charge is -2.38. The van der Waals surface area contributed by atoms with Gasteiger partial charge in [-0.05, 0) is 36.8 Å². The van der Waals surface area contributed by atoms with Gasteiger partial charge in [-0.15, -0.1) is 0 Å². The van der Waals surface area contributed by atoms with E-state index in [0.717, 1.165) is 11.3 Å². The Morgan fingerprint density at radius 1 is 1.00 bits per heavy atom. The van der Waals surface area contributed by atoms with Gasteiger partial charge in [0.05, 0.1) is 18.3 Å². The lowest BCUT2D eigenvalue weighted by Crippen LogP contribution is -2.57. The van der Waals surface area contributed by atoms with Crippen LogP contribution in [0.2, 0.25) is 0 Å². The second-order valence-electron chi connectivity index (χ2n) is 6.64. The number of carboxylic acids is 1. The van der Waals surface area contributed by atoms with Crippen LogP contribution >= 0.6 is 0 Å². The second-order valence-corrected chi connectivity index (χ2v) is 6.64. The van der Waals surface area contributed by atoms with Gasteiger partial charge < -0.3 is 35.0 Å². The molecule has 29 heavy (non-hydrogen) atoms. The number of para-hydroxylation sites is 1. The van der Waals surface area contributed by atoms with Gasteiger partial charge in [0.15, 0.2) is 0 Å². The second kappa shape index (κ2) is 10.9. The van der Waals surface area contributed by atoms with Crippen LogP contribution < -0.4 is 4.74 Å². The zero-order chi connectivity index (χ0) is 21.4. The molecule has 5 atom stereocenters. The normalized spacial score (nSPS) is 26.2. The number of rotatable bonds is 5. The van der Waals surface area contributed by atoms with E-state index in [1.54, 1.807) is 25.1 Å². The van der Waals surface area contributed by atoms with Crippen molar-refractivity contribution in [1.82, 2.24) is 0 Å². The van der Waals surface area contributed by atoms with E-state index < -0.39 is 36.5 Å². The van der Waals surface area contributed by atoms with Crippen LogP contribution in [0, 0.1) is 0 Å². The highest BCUT2D eigenvalue weighted by molar-refractivity contribution is 5.87. The van der Waals surface area contributed by atoms with Crippen molar-refractivity contribution in [2.24, 2.45) is 0 Å². The molecule has 0 aliphatic carbocycles. The third-order valence-electron chi connectivity index (χ3n) is 4.45. The van der Waals surface area contributed by atoms with Crippen molar-refractivity contribution in [3.05, 3.63) is 65.7 Å². The van der Waals surface area contributed by atoms with Crippen LogP contribution in [-0.2, 0) is 11.3 Å². The van der Waals surface area contributed by atoms with Gasteiger partial charge in [0.2, 0.25) is 0 Å². The number of carbonyl (C=O) groups is 1. The summed E-state index contributed by atoms with van der Waals surface area (Å²) in [7, 11) is 0. The molecule has 0 spiro atoms. The van der Waals surface area contributed by atoms with E-state index in [9.17, 15) is 20.1 Å². The first-order chi connectivity index (χ1) is 13.8. The third kappa shape index (κ3) is 6.52. The van der Waals surface area contributed by atoms with Gasteiger partial charge in [-0.2, -0.15) is 0 Å². The zero-order valence-corrected chi connectivity index (χ0v) is 16.0. The summed E-state index contributed by atoms with van der Waals surface area (Å²) in [6.07, 6.45) is -4.94. The first kappa shape index (κ1) is 22.8. The monoisotopic (exact) mass is 406 g/mol. The Bertz CT molecular complexity index is 762. The SMILES string of the molecule is C[C@H]1OC(CO)[C@@H](O)C(O)C1O.O=C(O)c1cccc(COc2ccccc2)c1. The maximum absolute atomic E-state index is 10.8. The van der Waals surface area contributed by atoms with Crippen molar-refractivity contribution in [3.63, 3.8) is 0 Å². The molecule has 3 rings (SSSR count). The molecule has 3 unspecified atom stereocenters. The molecule has 0 radical (unpaired) electrons. The van der Waals surface area contributed by atoms with Crippen molar-refractivity contribution < 1.29 is 39.8 Å². The molecule has 0 amide bonds. The van der Waals surface area contributed by atoms with Crippen LogP contribution in [0.4, 0.5) is 0 Å².